The molecule has 2 heterocycles. The first-order chi connectivity index (χ1) is 13.8. The monoisotopic (exact) mass is 367 g/mol. The molecule has 1 N–H and O–H groups in total. The number of hydrogen-bond donors (Lipinski definition) is 1. The van der Waals surface area contributed by atoms with Gasteiger partial charge in [-0.05, 0) is 41.8 Å². The van der Waals surface area contributed by atoms with Crippen molar-refractivity contribution in [2.24, 2.45) is 5.16 Å². The molecule has 0 bridgehead atoms. The maximum atomic E-state index is 12.5. The van der Waals surface area contributed by atoms with Crippen LogP contribution in [0.15, 0.2) is 84.1 Å². The summed E-state index contributed by atoms with van der Waals surface area (Å²) in [5.74, 6) is 5.79. The van der Waals surface area contributed by atoms with E-state index in [4.69, 9.17) is 4.84 Å². The van der Waals surface area contributed by atoms with Crippen LogP contribution in [0.2, 0.25) is 0 Å². The van der Waals surface area contributed by atoms with Crippen LogP contribution in [0.1, 0.15) is 29.3 Å². The molecule has 1 amide bonds. The lowest BCUT2D eigenvalue weighted by Crippen LogP contribution is -2.21. The molecule has 0 spiro atoms. The van der Waals surface area contributed by atoms with Crippen LogP contribution in [0.4, 0.5) is 5.69 Å². The Morgan fingerprint density at radius 3 is 2.68 bits per heavy atom. The number of benzene rings is 2. The van der Waals surface area contributed by atoms with Crippen molar-refractivity contribution in [3.63, 3.8) is 0 Å². The summed E-state index contributed by atoms with van der Waals surface area (Å²) in [6.07, 6.45) is 1.92. The zero-order valence-electron chi connectivity index (χ0n) is 15.0. The van der Waals surface area contributed by atoms with E-state index in [-0.39, 0.29) is 12.0 Å². The van der Waals surface area contributed by atoms with Crippen LogP contribution < -0.4 is 5.32 Å². The minimum atomic E-state index is -0.270. The van der Waals surface area contributed by atoms with Crippen LogP contribution >= 0.6 is 0 Å². The minimum absolute atomic E-state index is 0.225. The fraction of sp³-hybridized carbons (Fsp3) is 0.0870. The molecule has 1 aliphatic heterocycles. The third-order valence-corrected chi connectivity index (χ3v) is 4.22. The fourth-order valence-electron chi connectivity index (χ4n) is 2.81. The van der Waals surface area contributed by atoms with Gasteiger partial charge >= 0.3 is 0 Å². The summed E-state index contributed by atoms with van der Waals surface area (Å²) in [5.41, 5.74) is 3.51. The Hall–Kier alpha value is -3.91. The third-order valence-electron chi connectivity index (χ3n) is 4.22. The van der Waals surface area contributed by atoms with Gasteiger partial charge in [-0.25, -0.2) is 4.98 Å². The van der Waals surface area contributed by atoms with E-state index in [1.807, 2.05) is 72.8 Å². The largest absolute Gasteiger partial charge is 0.387 e. The second kappa shape index (κ2) is 8.19. The molecule has 5 nitrogen and oxygen atoms in total. The number of carbonyl (C=O) groups is 1. The van der Waals surface area contributed by atoms with Crippen molar-refractivity contribution in [1.29, 1.82) is 0 Å². The number of oxime groups is 1. The van der Waals surface area contributed by atoms with Crippen LogP contribution in [0.5, 0.6) is 0 Å². The lowest BCUT2D eigenvalue weighted by molar-refractivity contribution is -0.110. The molecule has 1 unspecified atom stereocenters. The lowest BCUT2D eigenvalue weighted by atomic mass is 10.0. The summed E-state index contributed by atoms with van der Waals surface area (Å²) >= 11 is 0. The summed E-state index contributed by atoms with van der Waals surface area (Å²) in [4.78, 5) is 22.1. The predicted octanol–water partition coefficient (Wildman–Crippen LogP) is 3.94. The first kappa shape index (κ1) is 17.5. The van der Waals surface area contributed by atoms with Crippen LogP contribution in [-0.4, -0.2) is 16.6 Å². The van der Waals surface area contributed by atoms with Crippen molar-refractivity contribution in [3.8, 4) is 11.8 Å². The van der Waals surface area contributed by atoms with E-state index in [0.717, 1.165) is 11.1 Å². The van der Waals surface area contributed by atoms with Gasteiger partial charge < -0.3 is 10.2 Å². The number of rotatable bonds is 3. The van der Waals surface area contributed by atoms with Gasteiger partial charge in [0.15, 0.2) is 6.10 Å². The van der Waals surface area contributed by atoms with Crippen LogP contribution in [0.3, 0.4) is 0 Å². The number of pyridine rings is 1. The van der Waals surface area contributed by atoms with Gasteiger partial charge in [-0.1, -0.05) is 53.5 Å². The molecule has 1 aromatic heterocycles. The van der Waals surface area contributed by atoms with Crippen molar-refractivity contribution in [3.05, 3.63) is 95.8 Å². The highest BCUT2D eigenvalue weighted by Gasteiger charge is 2.27. The molecule has 3 aromatic rings. The lowest BCUT2D eigenvalue weighted by Gasteiger charge is -2.07. The Kier molecular flexibility index (Phi) is 5.12. The van der Waals surface area contributed by atoms with E-state index in [1.54, 1.807) is 6.20 Å². The molecular formula is C23H17N3O2. The highest BCUT2D eigenvalue weighted by Crippen LogP contribution is 2.27. The zero-order valence-corrected chi connectivity index (χ0v) is 15.0. The molecule has 1 aliphatic rings. The Balaban J connectivity index is 1.41. The maximum Gasteiger partial charge on any atom is 0.273 e. The van der Waals surface area contributed by atoms with E-state index in [9.17, 15) is 4.79 Å². The molecule has 4 rings (SSSR count). The van der Waals surface area contributed by atoms with Gasteiger partial charge in [0, 0.05) is 23.9 Å². The summed E-state index contributed by atoms with van der Waals surface area (Å²) in [5, 5.41) is 6.82. The number of hydrogen-bond acceptors (Lipinski definition) is 4. The molecule has 5 heteroatoms. The van der Waals surface area contributed by atoms with Gasteiger partial charge in [-0.3, -0.25) is 4.79 Å². The fourth-order valence-corrected chi connectivity index (χ4v) is 2.81. The summed E-state index contributed by atoms with van der Waals surface area (Å²) in [6.45, 7) is 0. The second-order valence-electron chi connectivity index (χ2n) is 6.25. The molecule has 0 saturated carbocycles. The van der Waals surface area contributed by atoms with Gasteiger partial charge in [-0.2, -0.15) is 0 Å². The Morgan fingerprint density at radius 1 is 1.00 bits per heavy atom. The molecule has 136 valence electrons. The average Bonchev–Trinajstić information content (AvgIpc) is 3.25. The van der Waals surface area contributed by atoms with Crippen LogP contribution in [0.25, 0.3) is 0 Å². The number of aromatic nitrogens is 1. The quantitative estimate of drug-likeness (QED) is 0.713. The number of nitrogens with zero attached hydrogens (tertiary/aromatic N) is 2. The number of nitrogens with one attached hydrogen (secondary N) is 1. The van der Waals surface area contributed by atoms with Crippen LogP contribution in [0, 0.1) is 11.8 Å². The Labute approximate surface area is 163 Å². The number of carbonyl (C=O) groups excluding carboxylic acids is 1. The van der Waals surface area contributed by atoms with Crippen molar-refractivity contribution >= 4 is 17.3 Å². The van der Waals surface area contributed by atoms with Gasteiger partial charge in [0.1, 0.15) is 11.4 Å². The van der Waals surface area contributed by atoms with Gasteiger partial charge in [0.25, 0.3) is 5.91 Å². The summed E-state index contributed by atoms with van der Waals surface area (Å²) < 4.78 is 0. The first-order valence-corrected chi connectivity index (χ1v) is 8.90. The van der Waals surface area contributed by atoms with Crippen LogP contribution in [-0.2, 0) is 9.63 Å². The second-order valence-corrected chi connectivity index (χ2v) is 6.25. The highest BCUT2D eigenvalue weighted by atomic mass is 16.6. The predicted molar refractivity (Wildman–Crippen MR) is 108 cm³/mol. The summed E-state index contributed by atoms with van der Waals surface area (Å²) in [7, 11) is 0. The SMILES string of the molecule is O=C(Nc1cccc(C#Cc2ccccn2)c1)C1=NOC(c2ccccc2)C1. The van der Waals surface area contributed by atoms with E-state index in [0.29, 0.717) is 23.5 Å². The van der Waals surface area contributed by atoms with Gasteiger partial charge in [0.05, 0.1) is 0 Å². The molecular weight excluding hydrogens is 350 g/mol. The standard InChI is InChI=1S/C23H17N3O2/c27-23(21-16-22(28-26-21)18-8-2-1-3-9-18)25-20-11-6-7-17(15-20)12-13-19-10-4-5-14-24-19/h1-11,14-15,22H,16H2,(H,25,27). The maximum absolute atomic E-state index is 12.5. The van der Waals surface area contributed by atoms with Crippen molar-refractivity contribution < 1.29 is 9.63 Å². The Morgan fingerprint density at radius 2 is 1.86 bits per heavy atom. The number of anilines is 1. The molecule has 0 radical (unpaired) electrons. The molecule has 1 atom stereocenters. The van der Waals surface area contributed by atoms with Crippen molar-refractivity contribution in [2.75, 3.05) is 5.32 Å². The summed E-state index contributed by atoms with van der Waals surface area (Å²) in [6, 6.07) is 22.7. The molecule has 0 saturated heterocycles. The minimum Gasteiger partial charge on any atom is -0.387 e. The van der Waals surface area contributed by atoms with E-state index in [1.165, 1.54) is 0 Å². The molecule has 2 aromatic carbocycles. The molecule has 0 fully saturated rings. The topological polar surface area (TPSA) is 63.6 Å². The molecule has 0 aliphatic carbocycles. The van der Waals surface area contributed by atoms with Crippen molar-refractivity contribution in [1.82, 2.24) is 4.98 Å². The Bertz CT molecular complexity index is 1070. The normalized spacial score (nSPS) is 15.0. The van der Waals surface area contributed by atoms with E-state index < -0.39 is 0 Å². The highest BCUT2D eigenvalue weighted by molar-refractivity contribution is 6.43. The van der Waals surface area contributed by atoms with E-state index in [2.05, 4.69) is 27.3 Å². The third kappa shape index (κ3) is 4.25. The molecule has 28 heavy (non-hydrogen) atoms. The van der Waals surface area contributed by atoms with Gasteiger partial charge in [0.2, 0.25) is 0 Å². The zero-order chi connectivity index (χ0) is 19.2. The van der Waals surface area contributed by atoms with E-state index >= 15 is 0 Å². The first-order valence-electron chi connectivity index (χ1n) is 8.90. The smallest absolute Gasteiger partial charge is 0.273 e. The average molecular weight is 367 g/mol. The van der Waals surface area contributed by atoms with Crippen molar-refractivity contribution in [2.45, 2.75) is 12.5 Å². The van der Waals surface area contributed by atoms with Gasteiger partial charge in [-0.15, -0.1) is 0 Å². The number of amides is 1.